The first-order valence-corrected chi connectivity index (χ1v) is 10.6. The third kappa shape index (κ3) is 5.20. The lowest BCUT2D eigenvalue weighted by Crippen LogP contribution is -2.20. The van der Waals surface area contributed by atoms with Crippen LogP contribution in [0.4, 0.5) is 0 Å². The van der Waals surface area contributed by atoms with E-state index in [1.165, 1.54) is 5.57 Å². The number of hydrogen-bond donors (Lipinski definition) is 0. The number of esters is 2. The largest absolute Gasteiger partial charge is 0.496 e. The Morgan fingerprint density at radius 2 is 1.97 bits per heavy atom. The Kier molecular flexibility index (Phi) is 8.30. The fraction of sp³-hybridized carbons (Fsp3) is 0.583. The topological polar surface area (TPSA) is 61.8 Å². The van der Waals surface area contributed by atoms with E-state index in [1.54, 1.807) is 7.11 Å². The molecule has 0 aromatic heterocycles. The molecule has 0 N–H and O–H groups in total. The Bertz CT molecular complexity index is 791. The molecule has 2 rings (SSSR count). The predicted molar refractivity (Wildman–Crippen MR) is 114 cm³/mol. The van der Waals surface area contributed by atoms with Crippen LogP contribution in [-0.4, -0.2) is 19.0 Å². The van der Waals surface area contributed by atoms with Gasteiger partial charge in [-0.3, -0.25) is 4.79 Å². The van der Waals surface area contributed by atoms with Crippen LogP contribution in [0, 0.1) is 12.8 Å². The highest BCUT2D eigenvalue weighted by Gasteiger charge is 2.34. The number of cyclic esters (lactones) is 1. The summed E-state index contributed by atoms with van der Waals surface area (Å²) in [6, 6.07) is 0. The zero-order valence-electron chi connectivity index (χ0n) is 18.6. The smallest absolute Gasteiger partial charge is 0.342 e. The van der Waals surface area contributed by atoms with Crippen molar-refractivity contribution in [2.24, 2.45) is 5.92 Å². The maximum atomic E-state index is 12.8. The van der Waals surface area contributed by atoms with Gasteiger partial charge in [0.15, 0.2) is 5.75 Å². The summed E-state index contributed by atoms with van der Waals surface area (Å²) in [5.74, 6) is -0.0296. The van der Waals surface area contributed by atoms with Crippen molar-refractivity contribution in [2.75, 3.05) is 7.11 Å². The number of fused-ring (bicyclic) bond motifs is 1. The molecular formula is C24H34O5. The van der Waals surface area contributed by atoms with Crippen LogP contribution in [0.3, 0.4) is 0 Å². The van der Waals surface area contributed by atoms with Gasteiger partial charge in [-0.15, -0.1) is 0 Å². The number of benzene rings is 1. The van der Waals surface area contributed by atoms with Crippen molar-refractivity contribution in [1.29, 1.82) is 0 Å². The number of carbonyl (C=O) groups excluding carboxylic acids is 2. The number of ether oxygens (including phenoxy) is 3. The summed E-state index contributed by atoms with van der Waals surface area (Å²) in [7, 11) is 1.61. The number of hydrogen-bond acceptors (Lipinski definition) is 5. The zero-order valence-corrected chi connectivity index (χ0v) is 18.6. The van der Waals surface area contributed by atoms with Crippen molar-refractivity contribution in [2.45, 2.75) is 79.8 Å². The highest BCUT2D eigenvalue weighted by atomic mass is 16.6. The zero-order chi connectivity index (χ0) is 21.6. The van der Waals surface area contributed by atoms with E-state index in [4.69, 9.17) is 14.2 Å². The van der Waals surface area contributed by atoms with E-state index in [-0.39, 0.29) is 18.5 Å². The fourth-order valence-electron chi connectivity index (χ4n) is 3.72. The van der Waals surface area contributed by atoms with Gasteiger partial charge in [-0.05, 0) is 38.7 Å². The first-order valence-electron chi connectivity index (χ1n) is 10.6. The van der Waals surface area contributed by atoms with E-state index in [0.717, 1.165) is 48.8 Å². The molecule has 0 radical (unpaired) electrons. The lowest BCUT2D eigenvalue weighted by molar-refractivity contribution is -0.138. The summed E-state index contributed by atoms with van der Waals surface area (Å²) in [5, 5.41) is 0. The molecule has 0 saturated heterocycles. The summed E-state index contributed by atoms with van der Waals surface area (Å²) in [4.78, 5) is 25.3. The van der Waals surface area contributed by atoms with Gasteiger partial charge in [0, 0.05) is 11.1 Å². The van der Waals surface area contributed by atoms with Gasteiger partial charge in [-0.2, -0.15) is 0 Å². The third-order valence-corrected chi connectivity index (χ3v) is 5.52. The van der Waals surface area contributed by atoms with Crippen LogP contribution in [0.25, 0.3) is 0 Å². The van der Waals surface area contributed by atoms with Gasteiger partial charge in [0.05, 0.1) is 13.0 Å². The molecule has 1 aromatic rings. The van der Waals surface area contributed by atoms with Gasteiger partial charge >= 0.3 is 11.9 Å². The molecule has 0 bridgehead atoms. The molecule has 1 aliphatic rings. The summed E-state index contributed by atoms with van der Waals surface area (Å²) in [6.07, 6.45) is 7.44. The van der Waals surface area contributed by atoms with E-state index in [1.807, 2.05) is 13.8 Å². The van der Waals surface area contributed by atoms with Crippen molar-refractivity contribution < 1.29 is 23.8 Å². The number of methoxy groups -OCH3 is 1. The van der Waals surface area contributed by atoms with Crippen molar-refractivity contribution in [3.63, 3.8) is 0 Å². The van der Waals surface area contributed by atoms with Gasteiger partial charge in [0.2, 0.25) is 0 Å². The molecule has 0 aliphatic carbocycles. The molecule has 0 amide bonds. The number of unbranched alkanes of at least 4 members (excludes halogenated alkanes) is 1. The highest BCUT2D eigenvalue weighted by Crippen LogP contribution is 2.43. The monoisotopic (exact) mass is 402 g/mol. The van der Waals surface area contributed by atoms with Gasteiger partial charge in [-0.1, -0.05) is 51.7 Å². The summed E-state index contributed by atoms with van der Waals surface area (Å²) in [6.45, 7) is 10.3. The van der Waals surface area contributed by atoms with Crippen LogP contribution in [0.15, 0.2) is 11.6 Å². The predicted octanol–water partition coefficient (Wildman–Crippen LogP) is 5.69. The molecule has 0 saturated carbocycles. The Hall–Kier alpha value is -2.30. The second-order valence-corrected chi connectivity index (χ2v) is 7.86. The van der Waals surface area contributed by atoms with Crippen molar-refractivity contribution >= 4 is 11.9 Å². The van der Waals surface area contributed by atoms with Crippen LogP contribution in [0.1, 0.15) is 86.8 Å². The minimum atomic E-state index is -0.440. The molecular weight excluding hydrogens is 368 g/mol. The van der Waals surface area contributed by atoms with Gasteiger partial charge in [0.25, 0.3) is 0 Å². The van der Waals surface area contributed by atoms with E-state index < -0.39 is 5.97 Å². The minimum absolute atomic E-state index is 0.178. The second kappa shape index (κ2) is 10.5. The summed E-state index contributed by atoms with van der Waals surface area (Å²) in [5.41, 5.74) is 3.96. The SMILES string of the molecule is CCCCC(C)C(=O)Oc1c(C/C=C(\C)CCC)c(OC)c(C)c2c1C(=O)OC2. The molecule has 5 heteroatoms. The lowest BCUT2D eigenvalue weighted by atomic mass is 9.94. The van der Waals surface area contributed by atoms with Gasteiger partial charge < -0.3 is 14.2 Å². The molecule has 1 unspecified atom stereocenters. The maximum absolute atomic E-state index is 12.8. The van der Waals surface area contributed by atoms with Crippen LogP contribution >= 0.6 is 0 Å². The van der Waals surface area contributed by atoms with Crippen LogP contribution in [-0.2, 0) is 22.6 Å². The molecule has 0 spiro atoms. The standard InChI is InChI=1S/C24H34O5/c1-7-9-11-16(4)23(25)29-22-18(13-12-15(3)10-8-2)21(27-6)17(5)19-14-28-24(26)20(19)22/h12,16H,7-11,13-14H2,1-6H3/b15-12+. The van der Waals surface area contributed by atoms with Crippen LogP contribution in [0.5, 0.6) is 11.5 Å². The molecule has 1 aliphatic heterocycles. The number of allylic oxidation sites excluding steroid dienone is 2. The Morgan fingerprint density at radius 3 is 2.59 bits per heavy atom. The van der Waals surface area contributed by atoms with E-state index in [9.17, 15) is 9.59 Å². The van der Waals surface area contributed by atoms with Crippen molar-refractivity contribution in [1.82, 2.24) is 0 Å². The van der Waals surface area contributed by atoms with E-state index in [0.29, 0.717) is 23.5 Å². The highest BCUT2D eigenvalue weighted by molar-refractivity contribution is 5.99. The van der Waals surface area contributed by atoms with E-state index in [2.05, 4.69) is 26.8 Å². The Balaban J connectivity index is 2.53. The number of carbonyl (C=O) groups is 2. The van der Waals surface area contributed by atoms with Crippen molar-refractivity contribution in [3.8, 4) is 11.5 Å². The average molecular weight is 403 g/mol. The number of rotatable bonds is 10. The summed E-state index contributed by atoms with van der Waals surface area (Å²) < 4.78 is 16.8. The average Bonchev–Trinajstić information content (AvgIpc) is 3.08. The molecule has 5 nitrogen and oxygen atoms in total. The molecule has 1 aromatic carbocycles. The second-order valence-electron chi connectivity index (χ2n) is 7.86. The fourth-order valence-corrected chi connectivity index (χ4v) is 3.72. The molecule has 160 valence electrons. The van der Waals surface area contributed by atoms with Gasteiger partial charge in [-0.25, -0.2) is 4.79 Å². The third-order valence-electron chi connectivity index (χ3n) is 5.52. The minimum Gasteiger partial charge on any atom is -0.496 e. The summed E-state index contributed by atoms with van der Waals surface area (Å²) >= 11 is 0. The van der Waals surface area contributed by atoms with Crippen LogP contribution < -0.4 is 9.47 Å². The Morgan fingerprint density at radius 1 is 1.24 bits per heavy atom. The van der Waals surface area contributed by atoms with Crippen molar-refractivity contribution in [3.05, 3.63) is 33.9 Å². The quantitative estimate of drug-likeness (QED) is 0.286. The normalized spacial score (nSPS) is 14.4. The van der Waals surface area contributed by atoms with Crippen LogP contribution in [0.2, 0.25) is 0 Å². The first kappa shape index (κ1) is 23.0. The van der Waals surface area contributed by atoms with Gasteiger partial charge in [0.1, 0.15) is 17.9 Å². The maximum Gasteiger partial charge on any atom is 0.342 e. The molecule has 29 heavy (non-hydrogen) atoms. The Labute approximate surface area is 174 Å². The molecule has 0 fully saturated rings. The molecule has 1 atom stereocenters. The first-order chi connectivity index (χ1) is 13.8. The van der Waals surface area contributed by atoms with E-state index >= 15 is 0 Å². The lowest BCUT2D eigenvalue weighted by Gasteiger charge is -2.20. The molecule has 1 heterocycles.